The first kappa shape index (κ1) is 18.7. The molecule has 0 unspecified atom stereocenters. The van der Waals surface area contributed by atoms with Crippen LogP contribution in [0.4, 0.5) is 9.52 Å². The van der Waals surface area contributed by atoms with Crippen LogP contribution in [0, 0.1) is 5.82 Å². The first-order valence-electron chi connectivity index (χ1n) is 7.63. The van der Waals surface area contributed by atoms with Gasteiger partial charge in [-0.25, -0.2) is 4.39 Å². The number of nitrogens with zero attached hydrogens (tertiary/aromatic N) is 2. The molecule has 1 aromatic carbocycles. The standard InChI is InChI=1S/C16H21FN4OS2/c1-4-16(2,3)19-13(22)10-23-15-21-20-14(24-15)18-9-11-5-7-12(17)8-6-11/h5-8H,4,9-10H2,1-3H3,(H,18,20)(H,19,22). The highest BCUT2D eigenvalue weighted by atomic mass is 32.2. The number of rotatable bonds is 8. The second-order valence-corrected chi connectivity index (χ2v) is 8.13. The molecule has 0 aliphatic heterocycles. The van der Waals surface area contributed by atoms with Gasteiger partial charge in [0.05, 0.1) is 5.75 Å². The van der Waals surface area contributed by atoms with Gasteiger partial charge in [0.2, 0.25) is 11.0 Å². The highest BCUT2D eigenvalue weighted by Gasteiger charge is 2.18. The highest BCUT2D eigenvalue weighted by Crippen LogP contribution is 2.25. The lowest BCUT2D eigenvalue weighted by molar-refractivity contribution is -0.120. The molecular formula is C16H21FN4OS2. The van der Waals surface area contributed by atoms with E-state index in [1.165, 1.54) is 35.2 Å². The Morgan fingerprint density at radius 3 is 2.67 bits per heavy atom. The minimum atomic E-state index is -0.252. The highest BCUT2D eigenvalue weighted by molar-refractivity contribution is 8.01. The van der Waals surface area contributed by atoms with Gasteiger partial charge in [-0.15, -0.1) is 10.2 Å². The summed E-state index contributed by atoms with van der Waals surface area (Å²) in [6.45, 7) is 6.58. The fourth-order valence-corrected chi connectivity index (χ4v) is 3.30. The molecule has 2 rings (SSSR count). The number of carbonyl (C=O) groups excluding carboxylic acids is 1. The van der Waals surface area contributed by atoms with Crippen LogP contribution in [0.5, 0.6) is 0 Å². The summed E-state index contributed by atoms with van der Waals surface area (Å²) < 4.78 is 13.6. The molecule has 0 aliphatic rings. The van der Waals surface area contributed by atoms with Gasteiger partial charge in [0.1, 0.15) is 5.82 Å². The van der Waals surface area contributed by atoms with Crippen LogP contribution >= 0.6 is 23.1 Å². The molecule has 0 spiro atoms. The van der Waals surface area contributed by atoms with E-state index in [9.17, 15) is 9.18 Å². The lowest BCUT2D eigenvalue weighted by atomic mass is 10.0. The molecule has 0 radical (unpaired) electrons. The van der Waals surface area contributed by atoms with Crippen molar-refractivity contribution < 1.29 is 9.18 Å². The Balaban J connectivity index is 1.78. The summed E-state index contributed by atoms with van der Waals surface area (Å²) in [7, 11) is 0. The van der Waals surface area contributed by atoms with Crippen molar-refractivity contribution in [3.8, 4) is 0 Å². The summed E-state index contributed by atoms with van der Waals surface area (Å²) in [4.78, 5) is 11.9. The van der Waals surface area contributed by atoms with Gasteiger partial charge in [-0.1, -0.05) is 42.2 Å². The summed E-state index contributed by atoms with van der Waals surface area (Å²) in [5.74, 6) is 0.0523. The summed E-state index contributed by atoms with van der Waals surface area (Å²) in [5, 5.41) is 14.9. The summed E-state index contributed by atoms with van der Waals surface area (Å²) >= 11 is 2.76. The van der Waals surface area contributed by atoms with E-state index in [0.29, 0.717) is 17.4 Å². The molecule has 1 amide bonds. The monoisotopic (exact) mass is 368 g/mol. The van der Waals surface area contributed by atoms with E-state index in [-0.39, 0.29) is 17.3 Å². The molecule has 0 aliphatic carbocycles. The molecule has 130 valence electrons. The maximum atomic E-state index is 12.9. The molecule has 2 aromatic rings. The van der Waals surface area contributed by atoms with Crippen LogP contribution in [0.3, 0.4) is 0 Å². The first-order chi connectivity index (χ1) is 11.4. The van der Waals surface area contributed by atoms with Gasteiger partial charge in [-0.3, -0.25) is 4.79 Å². The Bertz CT molecular complexity index is 673. The minimum Gasteiger partial charge on any atom is -0.356 e. The predicted octanol–water partition coefficient (Wildman–Crippen LogP) is 3.69. The average molecular weight is 369 g/mol. The van der Waals surface area contributed by atoms with Crippen LogP contribution in [0.2, 0.25) is 0 Å². The third-order valence-electron chi connectivity index (χ3n) is 3.45. The second-order valence-electron chi connectivity index (χ2n) is 5.93. The number of carbonyl (C=O) groups is 1. The topological polar surface area (TPSA) is 66.9 Å². The number of hydrogen-bond donors (Lipinski definition) is 2. The van der Waals surface area contributed by atoms with E-state index < -0.39 is 0 Å². The quantitative estimate of drug-likeness (QED) is 0.696. The fourth-order valence-electron chi connectivity index (χ4n) is 1.75. The van der Waals surface area contributed by atoms with Crippen LogP contribution in [-0.2, 0) is 11.3 Å². The normalized spacial score (nSPS) is 11.3. The molecule has 1 aromatic heterocycles. The summed E-state index contributed by atoms with van der Waals surface area (Å²) in [6, 6.07) is 6.29. The molecule has 24 heavy (non-hydrogen) atoms. The Hall–Kier alpha value is -1.67. The van der Waals surface area contributed by atoms with Crippen LogP contribution in [0.15, 0.2) is 28.6 Å². The average Bonchev–Trinajstić information content (AvgIpc) is 3.00. The van der Waals surface area contributed by atoms with Gasteiger partial charge in [0.25, 0.3) is 0 Å². The molecular weight excluding hydrogens is 347 g/mol. The minimum absolute atomic E-state index is 0.0112. The lowest BCUT2D eigenvalue weighted by Gasteiger charge is -2.24. The van der Waals surface area contributed by atoms with Crippen LogP contribution in [0.25, 0.3) is 0 Å². The van der Waals surface area contributed by atoms with Crippen molar-refractivity contribution in [1.29, 1.82) is 0 Å². The lowest BCUT2D eigenvalue weighted by Crippen LogP contribution is -2.43. The maximum Gasteiger partial charge on any atom is 0.230 e. The number of thioether (sulfide) groups is 1. The van der Waals surface area contributed by atoms with Gasteiger partial charge in [-0.05, 0) is 38.0 Å². The molecule has 0 bridgehead atoms. The maximum absolute atomic E-state index is 12.9. The zero-order valence-corrected chi connectivity index (χ0v) is 15.6. The van der Waals surface area contributed by atoms with E-state index in [1.807, 2.05) is 20.8 Å². The van der Waals surface area contributed by atoms with Crippen molar-refractivity contribution in [2.45, 2.75) is 43.6 Å². The van der Waals surface area contributed by atoms with Gasteiger partial charge in [0, 0.05) is 12.1 Å². The Morgan fingerprint density at radius 2 is 2.00 bits per heavy atom. The number of nitrogens with one attached hydrogen (secondary N) is 2. The molecule has 2 N–H and O–H groups in total. The number of hydrogen-bond acceptors (Lipinski definition) is 6. The van der Waals surface area contributed by atoms with Crippen LogP contribution in [0.1, 0.15) is 32.8 Å². The SMILES string of the molecule is CCC(C)(C)NC(=O)CSc1nnc(NCc2ccc(F)cc2)s1. The third-order valence-corrected chi connectivity index (χ3v) is 5.47. The van der Waals surface area contributed by atoms with Crippen molar-refractivity contribution in [2.24, 2.45) is 0 Å². The van der Waals surface area contributed by atoms with Crippen molar-refractivity contribution in [3.05, 3.63) is 35.6 Å². The zero-order valence-electron chi connectivity index (χ0n) is 13.9. The molecule has 0 atom stereocenters. The molecule has 1 heterocycles. The van der Waals surface area contributed by atoms with Crippen molar-refractivity contribution in [3.63, 3.8) is 0 Å². The zero-order chi connectivity index (χ0) is 17.6. The van der Waals surface area contributed by atoms with Gasteiger partial charge < -0.3 is 10.6 Å². The number of benzene rings is 1. The van der Waals surface area contributed by atoms with E-state index >= 15 is 0 Å². The largest absolute Gasteiger partial charge is 0.356 e. The molecule has 0 saturated heterocycles. The number of anilines is 1. The Kier molecular flexibility index (Phi) is 6.56. The second kappa shape index (κ2) is 8.43. The van der Waals surface area contributed by atoms with Crippen molar-refractivity contribution in [2.75, 3.05) is 11.1 Å². The predicted molar refractivity (Wildman–Crippen MR) is 96.9 cm³/mol. The number of amides is 1. The molecule has 5 nitrogen and oxygen atoms in total. The Labute approximate surface area is 149 Å². The number of aromatic nitrogens is 2. The van der Waals surface area contributed by atoms with E-state index in [2.05, 4.69) is 20.8 Å². The van der Waals surface area contributed by atoms with Crippen LogP contribution in [-0.4, -0.2) is 27.4 Å². The molecule has 0 saturated carbocycles. The van der Waals surface area contributed by atoms with Crippen molar-refractivity contribution in [1.82, 2.24) is 15.5 Å². The van der Waals surface area contributed by atoms with E-state index in [0.717, 1.165) is 16.3 Å². The van der Waals surface area contributed by atoms with Gasteiger partial charge in [0.15, 0.2) is 4.34 Å². The summed E-state index contributed by atoms with van der Waals surface area (Å²) in [5.41, 5.74) is 0.766. The van der Waals surface area contributed by atoms with Gasteiger partial charge in [-0.2, -0.15) is 0 Å². The summed E-state index contributed by atoms with van der Waals surface area (Å²) in [6.07, 6.45) is 0.875. The van der Waals surface area contributed by atoms with Crippen molar-refractivity contribution >= 4 is 34.1 Å². The first-order valence-corrected chi connectivity index (χ1v) is 9.44. The van der Waals surface area contributed by atoms with Gasteiger partial charge >= 0.3 is 0 Å². The molecule has 8 heteroatoms. The molecule has 0 fully saturated rings. The van der Waals surface area contributed by atoms with E-state index in [4.69, 9.17) is 0 Å². The Morgan fingerprint density at radius 1 is 1.29 bits per heavy atom. The number of halogens is 1. The fraction of sp³-hybridized carbons (Fsp3) is 0.438. The van der Waals surface area contributed by atoms with Crippen LogP contribution < -0.4 is 10.6 Å². The van der Waals surface area contributed by atoms with E-state index in [1.54, 1.807) is 12.1 Å². The third kappa shape index (κ3) is 6.09. The smallest absolute Gasteiger partial charge is 0.230 e.